The van der Waals surface area contributed by atoms with E-state index in [1.807, 2.05) is 6.07 Å². The number of rotatable bonds is 8. The van der Waals surface area contributed by atoms with Gasteiger partial charge in [0.1, 0.15) is 18.7 Å². The van der Waals surface area contributed by atoms with E-state index in [9.17, 15) is 50.9 Å². The average molecular weight is 779 g/mol. The molecule has 0 radical (unpaired) electrons. The van der Waals surface area contributed by atoms with Crippen molar-refractivity contribution in [2.24, 2.45) is 21.5 Å². The average Bonchev–Trinajstić information content (AvgIpc) is 3.60. The molecule has 3 heterocycles. The van der Waals surface area contributed by atoms with Gasteiger partial charge in [-0.15, -0.1) is 0 Å². The van der Waals surface area contributed by atoms with Gasteiger partial charge in [-0.1, -0.05) is 42.5 Å². The minimum atomic E-state index is -5.08. The van der Waals surface area contributed by atoms with Crippen LogP contribution in [-0.2, 0) is 14.3 Å². The fourth-order valence-corrected chi connectivity index (χ4v) is 5.24. The molecule has 0 saturated carbocycles. The smallest absolute Gasteiger partial charge is 0.475 e. The molecule has 0 aromatic heterocycles. The van der Waals surface area contributed by atoms with Crippen LogP contribution in [-0.4, -0.2) is 129 Å². The van der Waals surface area contributed by atoms with Crippen LogP contribution in [0.5, 0.6) is 0 Å². The van der Waals surface area contributed by atoms with Crippen LogP contribution in [0, 0.1) is 0 Å². The first-order chi connectivity index (χ1) is 25.0. The fourth-order valence-electron chi connectivity index (χ4n) is 5.24. The molecule has 294 valence electrons. The van der Waals surface area contributed by atoms with Gasteiger partial charge >= 0.3 is 30.4 Å². The second-order valence-electron chi connectivity index (χ2n) is 11.3. The number of carbonyl (C=O) groups is 5. The number of ether oxygens (including phenoxy) is 1. The molecule has 3 atom stereocenters. The first kappa shape index (κ1) is 42.2. The van der Waals surface area contributed by atoms with Crippen LogP contribution in [0.4, 0.5) is 31.1 Å². The molecule has 5 rings (SSSR count). The van der Waals surface area contributed by atoms with Gasteiger partial charge in [0.15, 0.2) is 23.4 Å². The summed E-state index contributed by atoms with van der Waals surface area (Å²) in [6, 6.07) is 13.5. The first-order valence-corrected chi connectivity index (χ1v) is 15.2. The highest BCUT2D eigenvalue weighted by atomic mass is 19.4. The molecule has 0 unspecified atom stereocenters. The number of guanidine groups is 2. The van der Waals surface area contributed by atoms with Crippen molar-refractivity contribution in [3.05, 3.63) is 71.3 Å². The van der Waals surface area contributed by atoms with Gasteiger partial charge in [0, 0.05) is 42.7 Å². The van der Waals surface area contributed by atoms with E-state index in [2.05, 4.69) is 25.9 Å². The first-order valence-electron chi connectivity index (χ1n) is 15.2. The Morgan fingerprint density at radius 2 is 1.33 bits per heavy atom. The Morgan fingerprint density at radius 3 is 1.87 bits per heavy atom. The third kappa shape index (κ3) is 10.0. The van der Waals surface area contributed by atoms with Gasteiger partial charge < -0.3 is 57.5 Å². The lowest BCUT2D eigenvalue weighted by molar-refractivity contribution is -0.221. The number of halogens is 6. The summed E-state index contributed by atoms with van der Waals surface area (Å²) in [4.78, 5) is 65.1. The van der Waals surface area contributed by atoms with E-state index in [4.69, 9.17) is 36.0 Å². The Bertz CT molecular complexity index is 1750. The molecule has 3 aliphatic heterocycles. The summed E-state index contributed by atoms with van der Waals surface area (Å²) >= 11 is 0. The predicted molar refractivity (Wildman–Crippen MR) is 171 cm³/mol. The SMILES string of the molecule is NC1=N[C@H]2[C@H](COC(=O)NCCNC(=O)c3ccc(C(=O)c4ccccc4)cc3)N=C(N)N3CCC(O)(O)[C@]23N1.O=C(O)C(F)(F)F.O=C(O)C(F)(F)F. The van der Waals surface area contributed by atoms with Crippen molar-refractivity contribution in [1.82, 2.24) is 20.9 Å². The number of hydrogen-bond donors (Lipinski definition) is 9. The summed E-state index contributed by atoms with van der Waals surface area (Å²) in [6.07, 6.45) is -10.9. The van der Waals surface area contributed by atoms with E-state index >= 15 is 0 Å². The number of carbonyl (C=O) groups excluding carboxylic acids is 3. The third-order valence-corrected chi connectivity index (χ3v) is 7.68. The standard InChI is InChI=1S/C26H30N8O6.2C2HF3O2/c27-22-32-20-18(31-23(28)34-13-10-25(38,39)26(20,34)33-22)14-40-24(37)30-12-11-29-21(36)17-8-6-16(7-9-17)19(35)15-4-2-1-3-5-15;2*3-2(4,5)1(6)7/h1-9,18,20,38-39H,10-14H2,(H2,28,31)(H,29,36)(H,30,37)(H3,27,32,33);2*(H,6,7)/t18-,20-,26-;;/m0../s1. The summed E-state index contributed by atoms with van der Waals surface area (Å²) in [7, 11) is 0. The van der Waals surface area contributed by atoms with E-state index in [1.165, 1.54) is 4.90 Å². The molecule has 1 fully saturated rings. The zero-order chi connectivity index (χ0) is 40.6. The number of alkyl halides is 6. The number of nitrogens with zero attached hydrogens (tertiary/aromatic N) is 3. The zero-order valence-corrected chi connectivity index (χ0v) is 27.4. The molecule has 1 spiro atoms. The van der Waals surface area contributed by atoms with Crippen LogP contribution in [0.25, 0.3) is 0 Å². The van der Waals surface area contributed by atoms with Crippen molar-refractivity contribution in [2.45, 2.75) is 42.3 Å². The van der Waals surface area contributed by atoms with Crippen LogP contribution < -0.4 is 27.4 Å². The number of aliphatic carboxylic acids is 2. The summed E-state index contributed by atoms with van der Waals surface area (Å²) < 4.78 is 68.7. The lowest BCUT2D eigenvalue weighted by Crippen LogP contribution is -2.76. The van der Waals surface area contributed by atoms with Gasteiger partial charge in [0.2, 0.25) is 5.79 Å². The fraction of sp³-hybridized carbons (Fsp3) is 0.367. The molecule has 54 heavy (non-hydrogen) atoms. The van der Waals surface area contributed by atoms with E-state index in [-0.39, 0.29) is 56.3 Å². The monoisotopic (exact) mass is 778 g/mol. The zero-order valence-electron chi connectivity index (χ0n) is 27.4. The largest absolute Gasteiger partial charge is 0.490 e. The number of carboxylic acids is 2. The van der Waals surface area contributed by atoms with Crippen molar-refractivity contribution < 1.29 is 75.5 Å². The number of carboxylic acid groups (broad SMARTS) is 2. The number of nitrogens with one attached hydrogen (secondary N) is 3. The number of aliphatic hydroxyl groups is 2. The molecule has 2 aromatic rings. The van der Waals surface area contributed by atoms with Crippen molar-refractivity contribution in [3.63, 3.8) is 0 Å². The van der Waals surface area contributed by atoms with Crippen LogP contribution in [0.1, 0.15) is 32.7 Å². The summed E-state index contributed by atoms with van der Waals surface area (Å²) in [5, 5.41) is 43.6. The maximum absolute atomic E-state index is 12.5. The maximum Gasteiger partial charge on any atom is 0.490 e. The molecule has 3 aliphatic rings. The summed E-state index contributed by atoms with van der Waals surface area (Å²) in [5.74, 6) is -8.17. The number of hydrogen-bond acceptors (Lipinski definition) is 14. The quantitative estimate of drug-likeness (QED) is 0.0721. The topological polar surface area (TPSA) is 292 Å². The molecular formula is C30H32F6N8O10. The second kappa shape index (κ2) is 16.7. The third-order valence-electron chi connectivity index (χ3n) is 7.68. The van der Waals surface area contributed by atoms with Gasteiger partial charge in [-0.25, -0.2) is 24.4 Å². The Labute approximate surface area is 299 Å². The summed E-state index contributed by atoms with van der Waals surface area (Å²) in [6.45, 7) is 0.178. The number of aliphatic imine (C=N–C) groups is 2. The van der Waals surface area contributed by atoms with Crippen molar-refractivity contribution >= 4 is 41.6 Å². The molecule has 2 aromatic carbocycles. The normalized spacial score (nSPS) is 20.8. The Kier molecular flexibility index (Phi) is 13.0. The lowest BCUT2D eigenvalue weighted by atomic mass is 9.87. The van der Waals surface area contributed by atoms with Crippen LogP contribution in [0.3, 0.4) is 0 Å². The van der Waals surface area contributed by atoms with Crippen molar-refractivity contribution in [2.75, 3.05) is 26.2 Å². The molecule has 11 N–H and O–H groups in total. The maximum atomic E-state index is 12.5. The molecule has 1 saturated heterocycles. The predicted octanol–water partition coefficient (Wildman–Crippen LogP) is -0.293. The van der Waals surface area contributed by atoms with E-state index in [0.717, 1.165) is 0 Å². The van der Waals surface area contributed by atoms with E-state index in [0.29, 0.717) is 16.7 Å². The molecular weight excluding hydrogens is 746 g/mol. The number of benzene rings is 2. The van der Waals surface area contributed by atoms with E-state index in [1.54, 1.807) is 48.5 Å². The van der Waals surface area contributed by atoms with Crippen LogP contribution in [0.15, 0.2) is 64.6 Å². The van der Waals surface area contributed by atoms with Gasteiger partial charge in [-0.2, -0.15) is 26.3 Å². The Morgan fingerprint density at radius 1 is 0.833 bits per heavy atom. The summed E-state index contributed by atoms with van der Waals surface area (Å²) in [5.41, 5.74) is 11.8. The Hall–Kier alpha value is -6.17. The van der Waals surface area contributed by atoms with Crippen molar-refractivity contribution in [1.29, 1.82) is 0 Å². The lowest BCUT2D eigenvalue weighted by Gasteiger charge is -2.48. The Balaban J connectivity index is 0.000000476. The minimum Gasteiger partial charge on any atom is -0.475 e. The second-order valence-corrected chi connectivity index (χ2v) is 11.3. The van der Waals surface area contributed by atoms with Crippen LogP contribution in [0.2, 0.25) is 0 Å². The van der Waals surface area contributed by atoms with Crippen LogP contribution >= 0.6 is 0 Å². The minimum absolute atomic E-state index is 0.00287. The number of amides is 2. The number of ketones is 1. The van der Waals surface area contributed by atoms with Crippen molar-refractivity contribution in [3.8, 4) is 0 Å². The van der Waals surface area contributed by atoms with Gasteiger partial charge in [0.05, 0.1) is 0 Å². The molecule has 24 heteroatoms. The highest BCUT2D eigenvalue weighted by Gasteiger charge is 2.69. The number of alkyl carbamates (subject to hydrolysis) is 1. The van der Waals surface area contributed by atoms with Gasteiger partial charge in [0.25, 0.3) is 5.91 Å². The highest BCUT2D eigenvalue weighted by Crippen LogP contribution is 2.44. The van der Waals surface area contributed by atoms with Gasteiger partial charge in [-0.3, -0.25) is 9.59 Å². The molecule has 18 nitrogen and oxygen atoms in total. The molecule has 2 amide bonds. The van der Waals surface area contributed by atoms with E-state index < -0.39 is 53.9 Å². The van der Waals surface area contributed by atoms with Gasteiger partial charge in [-0.05, 0) is 12.1 Å². The highest BCUT2D eigenvalue weighted by molar-refractivity contribution is 6.09. The molecule has 0 aliphatic carbocycles. The number of nitrogens with two attached hydrogens (primary N) is 2. The molecule has 0 bridgehead atoms.